The zero-order chi connectivity index (χ0) is 18.4. The van der Waals surface area contributed by atoms with E-state index in [2.05, 4.69) is 20.8 Å². The Balaban J connectivity index is 1.59. The van der Waals surface area contributed by atoms with E-state index in [0.29, 0.717) is 23.1 Å². The molecule has 2 aromatic carbocycles. The molecular weight excluding hydrogens is 352 g/mol. The number of methoxy groups -OCH3 is 1. The predicted octanol–water partition coefficient (Wildman–Crippen LogP) is 4.00. The lowest BCUT2D eigenvalue weighted by molar-refractivity contribution is 0.102. The van der Waals surface area contributed by atoms with E-state index in [1.165, 1.54) is 0 Å². The molecule has 0 radical (unpaired) electrons. The topological polar surface area (TPSA) is 76.1 Å². The summed E-state index contributed by atoms with van der Waals surface area (Å²) in [7, 11) is 1.59. The molecule has 0 bridgehead atoms. The van der Waals surface area contributed by atoms with Crippen molar-refractivity contribution in [1.29, 1.82) is 0 Å². The molecule has 0 unspecified atom stereocenters. The second-order valence-electron chi connectivity index (χ2n) is 5.43. The lowest BCUT2D eigenvalue weighted by Gasteiger charge is -2.08. The molecule has 26 heavy (non-hydrogen) atoms. The number of nitrogens with zero attached hydrogens (tertiary/aromatic N) is 2. The third-order valence-corrected chi connectivity index (χ3v) is 4.03. The van der Waals surface area contributed by atoms with Crippen LogP contribution in [-0.2, 0) is 6.54 Å². The minimum absolute atomic E-state index is 0.226. The van der Waals surface area contributed by atoms with Gasteiger partial charge in [-0.2, -0.15) is 0 Å². The average Bonchev–Trinajstić information content (AvgIpc) is 2.68. The van der Waals surface area contributed by atoms with Gasteiger partial charge in [0, 0.05) is 17.3 Å². The Bertz CT molecular complexity index is 883. The fraction of sp³-hybridized carbons (Fsp3) is 0.105. The van der Waals surface area contributed by atoms with Gasteiger partial charge in [-0.25, -0.2) is 0 Å². The van der Waals surface area contributed by atoms with Gasteiger partial charge < -0.3 is 15.4 Å². The number of halogens is 1. The zero-order valence-electron chi connectivity index (χ0n) is 14.1. The number of anilines is 2. The molecule has 0 saturated carbocycles. The number of carbonyl (C=O) groups is 1. The molecule has 132 valence electrons. The van der Waals surface area contributed by atoms with Gasteiger partial charge in [0.05, 0.1) is 7.11 Å². The summed E-state index contributed by atoms with van der Waals surface area (Å²) in [4.78, 5) is 12.2. The molecule has 0 fully saturated rings. The van der Waals surface area contributed by atoms with Gasteiger partial charge in [0.25, 0.3) is 5.91 Å². The molecule has 7 heteroatoms. The lowest BCUT2D eigenvalue weighted by Crippen LogP contribution is -2.14. The molecule has 3 rings (SSSR count). The number of hydrogen-bond donors (Lipinski definition) is 2. The van der Waals surface area contributed by atoms with Crippen molar-refractivity contribution in [1.82, 2.24) is 10.2 Å². The summed E-state index contributed by atoms with van der Waals surface area (Å²) < 4.78 is 5.08. The summed E-state index contributed by atoms with van der Waals surface area (Å²) in [5.41, 5.74) is 1.83. The van der Waals surface area contributed by atoms with Crippen LogP contribution in [0, 0.1) is 0 Å². The van der Waals surface area contributed by atoms with Gasteiger partial charge >= 0.3 is 0 Å². The van der Waals surface area contributed by atoms with Crippen molar-refractivity contribution in [2.75, 3.05) is 17.7 Å². The number of aromatic nitrogens is 2. The zero-order valence-corrected chi connectivity index (χ0v) is 14.8. The highest BCUT2D eigenvalue weighted by molar-refractivity contribution is 6.31. The third kappa shape index (κ3) is 4.49. The van der Waals surface area contributed by atoms with Crippen molar-refractivity contribution < 1.29 is 9.53 Å². The van der Waals surface area contributed by atoms with Crippen LogP contribution in [0.1, 0.15) is 16.1 Å². The van der Waals surface area contributed by atoms with Crippen LogP contribution in [0.25, 0.3) is 0 Å². The Morgan fingerprint density at radius 2 is 1.81 bits per heavy atom. The highest BCUT2D eigenvalue weighted by Gasteiger charge is 2.09. The minimum Gasteiger partial charge on any atom is -0.497 e. The van der Waals surface area contributed by atoms with E-state index in [4.69, 9.17) is 16.3 Å². The SMILES string of the molecule is COc1ccc(NC(=O)c2ccc(NCc3ccccc3Cl)nn2)cc1. The highest BCUT2D eigenvalue weighted by Crippen LogP contribution is 2.17. The van der Waals surface area contributed by atoms with E-state index >= 15 is 0 Å². The first-order valence-electron chi connectivity index (χ1n) is 7.92. The van der Waals surface area contributed by atoms with Crippen molar-refractivity contribution in [3.05, 3.63) is 76.9 Å². The van der Waals surface area contributed by atoms with Crippen molar-refractivity contribution in [3.8, 4) is 5.75 Å². The number of rotatable bonds is 6. The van der Waals surface area contributed by atoms with E-state index in [0.717, 1.165) is 11.3 Å². The molecule has 0 atom stereocenters. The van der Waals surface area contributed by atoms with Crippen LogP contribution >= 0.6 is 11.6 Å². The van der Waals surface area contributed by atoms with Crippen molar-refractivity contribution in [2.45, 2.75) is 6.54 Å². The van der Waals surface area contributed by atoms with Gasteiger partial charge in [0.1, 0.15) is 11.6 Å². The predicted molar refractivity (Wildman–Crippen MR) is 102 cm³/mol. The molecule has 0 aliphatic heterocycles. The van der Waals surface area contributed by atoms with Gasteiger partial charge in [-0.1, -0.05) is 29.8 Å². The van der Waals surface area contributed by atoms with E-state index in [1.54, 1.807) is 43.5 Å². The first-order chi connectivity index (χ1) is 12.7. The van der Waals surface area contributed by atoms with Crippen molar-refractivity contribution in [2.24, 2.45) is 0 Å². The maximum Gasteiger partial charge on any atom is 0.276 e. The summed E-state index contributed by atoms with van der Waals surface area (Å²) in [5, 5.41) is 14.6. The molecule has 0 aliphatic rings. The largest absolute Gasteiger partial charge is 0.497 e. The van der Waals surface area contributed by atoms with E-state index < -0.39 is 0 Å². The van der Waals surface area contributed by atoms with Crippen LogP contribution in [0.4, 0.5) is 11.5 Å². The van der Waals surface area contributed by atoms with E-state index in [1.807, 2.05) is 24.3 Å². The number of nitrogens with one attached hydrogen (secondary N) is 2. The van der Waals surface area contributed by atoms with Gasteiger partial charge in [0.15, 0.2) is 5.69 Å². The first kappa shape index (κ1) is 17.7. The molecule has 0 aliphatic carbocycles. The second kappa shape index (κ2) is 8.31. The van der Waals surface area contributed by atoms with Gasteiger partial charge in [0.2, 0.25) is 0 Å². The molecule has 0 saturated heterocycles. The fourth-order valence-corrected chi connectivity index (χ4v) is 2.45. The Morgan fingerprint density at radius 3 is 2.46 bits per heavy atom. The maximum atomic E-state index is 12.2. The molecule has 0 spiro atoms. The molecule has 3 aromatic rings. The Labute approximate surface area is 156 Å². The summed E-state index contributed by atoms with van der Waals surface area (Å²) in [6.07, 6.45) is 0. The normalized spacial score (nSPS) is 10.2. The summed E-state index contributed by atoms with van der Waals surface area (Å²) >= 11 is 6.12. The standard InChI is InChI=1S/C19H17ClN4O2/c1-26-15-8-6-14(7-9-15)22-19(25)17-10-11-18(24-23-17)21-12-13-4-2-3-5-16(13)20/h2-11H,12H2,1H3,(H,21,24)(H,22,25). The van der Waals surface area contributed by atoms with E-state index in [9.17, 15) is 4.79 Å². The van der Waals surface area contributed by atoms with Crippen LogP contribution in [0.2, 0.25) is 5.02 Å². The van der Waals surface area contributed by atoms with Crippen LogP contribution in [-0.4, -0.2) is 23.2 Å². The Morgan fingerprint density at radius 1 is 1.04 bits per heavy atom. The molecule has 1 aromatic heterocycles. The average molecular weight is 369 g/mol. The summed E-state index contributed by atoms with van der Waals surface area (Å²) in [6, 6.07) is 17.9. The smallest absolute Gasteiger partial charge is 0.276 e. The first-order valence-corrected chi connectivity index (χ1v) is 8.30. The molecule has 1 amide bonds. The lowest BCUT2D eigenvalue weighted by atomic mass is 10.2. The van der Waals surface area contributed by atoms with Crippen LogP contribution < -0.4 is 15.4 Å². The molecule has 2 N–H and O–H groups in total. The quantitative estimate of drug-likeness (QED) is 0.687. The molecular formula is C19H17ClN4O2. The monoisotopic (exact) mass is 368 g/mol. The summed E-state index contributed by atoms with van der Waals surface area (Å²) in [6.45, 7) is 0.520. The van der Waals surface area contributed by atoms with Crippen LogP contribution in [0.3, 0.4) is 0 Å². The fourth-order valence-electron chi connectivity index (χ4n) is 2.24. The van der Waals surface area contributed by atoms with Crippen LogP contribution in [0.15, 0.2) is 60.7 Å². The number of ether oxygens (including phenoxy) is 1. The molecule has 1 heterocycles. The van der Waals surface area contributed by atoms with Gasteiger partial charge in [-0.15, -0.1) is 10.2 Å². The maximum absolute atomic E-state index is 12.2. The van der Waals surface area contributed by atoms with Gasteiger partial charge in [-0.3, -0.25) is 4.79 Å². The minimum atomic E-state index is -0.333. The number of hydrogen-bond acceptors (Lipinski definition) is 5. The number of benzene rings is 2. The third-order valence-electron chi connectivity index (χ3n) is 3.66. The van der Waals surface area contributed by atoms with Crippen LogP contribution in [0.5, 0.6) is 5.75 Å². The number of carbonyl (C=O) groups excluding carboxylic acids is 1. The van der Waals surface area contributed by atoms with E-state index in [-0.39, 0.29) is 11.6 Å². The summed E-state index contributed by atoms with van der Waals surface area (Å²) in [5.74, 6) is 0.947. The Kier molecular flexibility index (Phi) is 5.66. The highest BCUT2D eigenvalue weighted by atomic mass is 35.5. The van der Waals surface area contributed by atoms with Gasteiger partial charge in [-0.05, 0) is 48.0 Å². The number of amides is 1. The van der Waals surface area contributed by atoms with Crippen molar-refractivity contribution >= 4 is 29.0 Å². The molecule has 6 nitrogen and oxygen atoms in total. The Hall–Kier alpha value is -3.12. The van der Waals surface area contributed by atoms with Crippen molar-refractivity contribution in [3.63, 3.8) is 0 Å². The second-order valence-corrected chi connectivity index (χ2v) is 5.84.